The van der Waals surface area contributed by atoms with Crippen LogP contribution in [-0.4, -0.2) is 34.7 Å². The van der Waals surface area contributed by atoms with E-state index in [-0.39, 0.29) is 0 Å². The van der Waals surface area contributed by atoms with E-state index in [1.54, 1.807) is 29.7 Å². The Morgan fingerprint density at radius 2 is 2.08 bits per heavy atom. The van der Waals surface area contributed by atoms with Crippen molar-refractivity contribution in [3.63, 3.8) is 0 Å². The van der Waals surface area contributed by atoms with E-state index in [4.69, 9.17) is 11.6 Å². The fraction of sp³-hybridized carbons (Fsp3) is 0.133. The molecule has 4 aromatic rings. The zero-order valence-corrected chi connectivity index (χ0v) is 14.2. The third-order valence-electron chi connectivity index (χ3n) is 3.48. The number of hydrogen-bond donors (Lipinski definition) is 0. The number of aryl methyl sites for hydroxylation is 1. The maximum atomic E-state index is 6.30. The number of pyridine rings is 1. The predicted molar refractivity (Wildman–Crippen MR) is 92.2 cm³/mol. The summed E-state index contributed by atoms with van der Waals surface area (Å²) in [6.07, 6.45) is 1.78. The smallest absolute Gasteiger partial charge is 0.256 e. The third-order valence-corrected chi connectivity index (χ3v) is 4.76. The van der Waals surface area contributed by atoms with Gasteiger partial charge < -0.3 is 0 Å². The van der Waals surface area contributed by atoms with Crippen LogP contribution in [0.3, 0.4) is 0 Å². The van der Waals surface area contributed by atoms with E-state index < -0.39 is 0 Å². The van der Waals surface area contributed by atoms with Crippen LogP contribution in [0.2, 0.25) is 5.02 Å². The average Bonchev–Trinajstić information content (AvgIpc) is 3.17. The summed E-state index contributed by atoms with van der Waals surface area (Å²) in [5.74, 6) is 1.27. The van der Waals surface area contributed by atoms with Gasteiger partial charge in [-0.2, -0.15) is 0 Å². The van der Waals surface area contributed by atoms with Gasteiger partial charge in [-0.15, -0.1) is 0 Å². The van der Waals surface area contributed by atoms with Crippen LogP contribution in [0.25, 0.3) is 17.0 Å². The van der Waals surface area contributed by atoms with Gasteiger partial charge in [0.1, 0.15) is 5.52 Å². The van der Waals surface area contributed by atoms with Gasteiger partial charge in [-0.25, -0.2) is 9.67 Å². The van der Waals surface area contributed by atoms with Gasteiger partial charge in [0.15, 0.2) is 5.16 Å². The summed E-state index contributed by atoms with van der Waals surface area (Å²) in [7, 11) is 1.79. The summed E-state index contributed by atoms with van der Waals surface area (Å²) in [4.78, 5) is 9.03. The number of benzene rings is 1. The summed E-state index contributed by atoms with van der Waals surface area (Å²) in [6, 6.07) is 11.5. The molecular formula is C15H12ClN7S. The minimum Gasteiger partial charge on any atom is -0.260 e. The summed E-state index contributed by atoms with van der Waals surface area (Å²) in [6.45, 7) is 0. The first-order valence-corrected chi connectivity index (χ1v) is 8.53. The fourth-order valence-corrected chi connectivity index (χ4v) is 3.49. The number of imidazole rings is 1. The van der Waals surface area contributed by atoms with E-state index in [9.17, 15) is 0 Å². The van der Waals surface area contributed by atoms with Crippen LogP contribution in [0.1, 0.15) is 5.69 Å². The number of tetrazole rings is 1. The topological polar surface area (TPSA) is 74.3 Å². The Balaban J connectivity index is 1.82. The molecule has 0 aliphatic heterocycles. The Labute approximate surface area is 146 Å². The van der Waals surface area contributed by atoms with Crippen LogP contribution >= 0.6 is 23.4 Å². The van der Waals surface area contributed by atoms with Gasteiger partial charge >= 0.3 is 0 Å². The lowest BCUT2D eigenvalue weighted by Gasteiger charge is -2.06. The molecule has 4 rings (SSSR count). The SMILES string of the molecule is Cn1nnnc1-n1c(SCc2ccccn2)nc2c(Cl)cccc21. The molecular weight excluding hydrogens is 346 g/mol. The first-order chi connectivity index (χ1) is 11.7. The Hall–Kier alpha value is -2.45. The van der Waals surface area contributed by atoms with Gasteiger partial charge in [0, 0.05) is 19.0 Å². The van der Waals surface area contributed by atoms with Crippen LogP contribution in [0.4, 0.5) is 0 Å². The van der Waals surface area contributed by atoms with E-state index in [2.05, 4.69) is 25.5 Å². The second-order valence-corrected chi connectivity index (χ2v) is 6.40. The van der Waals surface area contributed by atoms with E-state index in [1.807, 2.05) is 41.0 Å². The molecule has 3 aromatic heterocycles. The number of para-hydroxylation sites is 1. The van der Waals surface area contributed by atoms with Crippen molar-refractivity contribution in [1.82, 2.24) is 34.7 Å². The second kappa shape index (κ2) is 6.21. The molecule has 0 bridgehead atoms. The summed E-state index contributed by atoms with van der Waals surface area (Å²) >= 11 is 7.87. The number of aromatic nitrogens is 7. The third kappa shape index (κ3) is 2.63. The van der Waals surface area contributed by atoms with Crippen molar-refractivity contribution in [2.45, 2.75) is 10.9 Å². The molecule has 0 N–H and O–H groups in total. The lowest BCUT2D eigenvalue weighted by Crippen LogP contribution is -2.05. The maximum absolute atomic E-state index is 6.30. The second-order valence-electron chi connectivity index (χ2n) is 5.05. The molecule has 24 heavy (non-hydrogen) atoms. The molecule has 0 atom stereocenters. The first-order valence-electron chi connectivity index (χ1n) is 7.16. The normalized spacial score (nSPS) is 11.2. The van der Waals surface area contributed by atoms with Crippen molar-refractivity contribution >= 4 is 34.4 Å². The van der Waals surface area contributed by atoms with E-state index in [0.29, 0.717) is 16.7 Å². The number of nitrogens with zero attached hydrogens (tertiary/aromatic N) is 7. The van der Waals surface area contributed by atoms with Gasteiger partial charge in [-0.3, -0.25) is 9.55 Å². The Bertz CT molecular complexity index is 996. The molecule has 120 valence electrons. The van der Waals surface area contributed by atoms with Crippen molar-refractivity contribution in [1.29, 1.82) is 0 Å². The highest BCUT2D eigenvalue weighted by Gasteiger charge is 2.18. The zero-order chi connectivity index (χ0) is 16.5. The Kier molecular flexibility index (Phi) is 3.91. The molecule has 0 aliphatic carbocycles. The lowest BCUT2D eigenvalue weighted by atomic mass is 10.3. The molecule has 0 fully saturated rings. The molecule has 0 radical (unpaired) electrons. The molecule has 3 heterocycles. The number of rotatable bonds is 4. The number of fused-ring (bicyclic) bond motifs is 1. The number of halogens is 1. The van der Waals surface area contributed by atoms with E-state index >= 15 is 0 Å². The number of thioether (sulfide) groups is 1. The highest BCUT2D eigenvalue weighted by Crippen LogP contribution is 2.31. The Morgan fingerprint density at radius 1 is 1.17 bits per heavy atom. The first kappa shape index (κ1) is 15.1. The van der Waals surface area contributed by atoms with Gasteiger partial charge in [-0.05, 0) is 34.7 Å². The molecule has 7 nitrogen and oxygen atoms in total. The molecule has 9 heteroatoms. The maximum Gasteiger partial charge on any atom is 0.256 e. The quantitative estimate of drug-likeness (QED) is 0.523. The molecule has 0 amide bonds. The van der Waals surface area contributed by atoms with Crippen molar-refractivity contribution in [2.24, 2.45) is 7.05 Å². The van der Waals surface area contributed by atoms with Gasteiger partial charge in [0.25, 0.3) is 5.95 Å². The lowest BCUT2D eigenvalue weighted by molar-refractivity contribution is 0.682. The van der Waals surface area contributed by atoms with Crippen molar-refractivity contribution in [2.75, 3.05) is 0 Å². The van der Waals surface area contributed by atoms with E-state index in [0.717, 1.165) is 21.9 Å². The summed E-state index contributed by atoms with van der Waals surface area (Å²) in [5.41, 5.74) is 2.57. The van der Waals surface area contributed by atoms with E-state index in [1.165, 1.54) is 0 Å². The van der Waals surface area contributed by atoms with Gasteiger partial charge in [0.2, 0.25) is 0 Å². The van der Waals surface area contributed by atoms with Crippen LogP contribution in [-0.2, 0) is 12.8 Å². The van der Waals surface area contributed by atoms with Crippen LogP contribution in [0, 0.1) is 0 Å². The van der Waals surface area contributed by atoms with Gasteiger partial charge in [0.05, 0.1) is 16.2 Å². The number of hydrogen-bond acceptors (Lipinski definition) is 6. The van der Waals surface area contributed by atoms with Crippen molar-refractivity contribution in [3.8, 4) is 5.95 Å². The molecule has 0 aliphatic rings. The van der Waals surface area contributed by atoms with Crippen molar-refractivity contribution < 1.29 is 0 Å². The van der Waals surface area contributed by atoms with Gasteiger partial charge in [-0.1, -0.05) is 40.6 Å². The van der Waals surface area contributed by atoms with Crippen LogP contribution < -0.4 is 0 Å². The standard InChI is InChI=1S/C15H12ClN7S/c1-22-14(19-20-21-22)23-12-7-4-6-11(16)13(12)18-15(23)24-9-10-5-2-3-8-17-10/h2-8H,9H2,1H3. The molecule has 0 saturated heterocycles. The molecule has 1 aromatic carbocycles. The highest BCUT2D eigenvalue weighted by molar-refractivity contribution is 7.98. The molecule has 0 spiro atoms. The molecule has 0 unspecified atom stereocenters. The highest BCUT2D eigenvalue weighted by atomic mass is 35.5. The molecule has 0 saturated carbocycles. The zero-order valence-electron chi connectivity index (χ0n) is 12.7. The minimum atomic E-state index is 0.586. The van der Waals surface area contributed by atoms with Crippen LogP contribution in [0.15, 0.2) is 47.8 Å². The van der Waals surface area contributed by atoms with Crippen LogP contribution in [0.5, 0.6) is 0 Å². The predicted octanol–water partition coefficient (Wildman–Crippen LogP) is 2.89. The minimum absolute atomic E-state index is 0.586. The average molecular weight is 358 g/mol. The monoisotopic (exact) mass is 357 g/mol. The fourth-order valence-electron chi connectivity index (χ4n) is 2.37. The van der Waals surface area contributed by atoms with Crippen molar-refractivity contribution in [3.05, 3.63) is 53.3 Å². The summed E-state index contributed by atoms with van der Waals surface area (Å²) < 4.78 is 3.52. The summed E-state index contributed by atoms with van der Waals surface area (Å²) in [5, 5.41) is 13.1. The largest absolute Gasteiger partial charge is 0.260 e. The Morgan fingerprint density at radius 3 is 2.83 bits per heavy atom.